The van der Waals surface area contributed by atoms with E-state index >= 15 is 0 Å². The number of rotatable bonds is 29. The van der Waals surface area contributed by atoms with E-state index in [2.05, 4.69) is 51.5 Å². The maximum absolute atomic E-state index is 14.6. The molecule has 5 aromatic rings. The Kier molecular flexibility index (Phi) is 23.3. The number of aliphatic hydroxyl groups excluding tert-OH is 1. The number of piperazine rings is 1. The number of hydrogen-bond acceptors (Lipinski definition) is 16. The number of carbonyl (C=O) groups is 4. The molecule has 3 heterocycles. The number of alkyl halides is 3. The van der Waals surface area contributed by atoms with Crippen molar-refractivity contribution < 1.29 is 54.3 Å². The number of likely N-dealkylation sites (tertiary alicyclic amines) is 1. The number of β-amino-alcohol motifs (C(OH)–C–C–N with tert-alkyl or cyclic N) is 1. The molecule has 11 rings (SSSR count). The summed E-state index contributed by atoms with van der Waals surface area (Å²) in [7, 11) is -9.18. The Morgan fingerprint density at radius 1 is 0.848 bits per heavy atom. The predicted octanol–water partition coefficient (Wildman–Crippen LogP) is 12.6. The highest BCUT2D eigenvalue weighted by Gasteiger charge is 2.67. The number of aryl methyl sites for hydroxylation is 1. The van der Waals surface area contributed by atoms with Gasteiger partial charge < -0.3 is 35.8 Å². The molecule has 1 aromatic heterocycles. The Balaban J connectivity index is 0.700. The largest absolute Gasteiger partial charge is 0.501 e. The highest BCUT2D eigenvalue weighted by Crippen LogP contribution is 2.77. The Labute approximate surface area is 591 Å². The molecular weight excluding hydrogens is 1340 g/mol. The number of amides is 4. The second kappa shape index (κ2) is 30.7. The van der Waals surface area contributed by atoms with Gasteiger partial charge in [-0.25, -0.2) is 26.5 Å². The number of anilines is 2. The van der Waals surface area contributed by atoms with Crippen molar-refractivity contribution in [3.05, 3.63) is 131 Å². The molecule has 2 aliphatic heterocycles. The average molecular weight is 1440 g/mol. The lowest BCUT2D eigenvalue weighted by Crippen LogP contribution is -2.61. The highest BCUT2D eigenvalue weighted by molar-refractivity contribution is 7.99. The zero-order valence-corrected chi connectivity index (χ0v) is 61.7. The molecule has 3 saturated carbocycles. The number of sulfonamides is 1. The number of aromatic nitrogens is 1. The molecule has 4 aliphatic carbocycles. The van der Waals surface area contributed by atoms with Crippen LogP contribution >= 0.6 is 23.1 Å². The number of sulfone groups is 1. The predicted molar refractivity (Wildman–Crippen MR) is 385 cm³/mol. The third-order valence-electron chi connectivity index (χ3n) is 20.7. The number of allylic oxidation sites excluding steroid dienone is 1. The normalized spacial score (nSPS) is 22.1. The first-order chi connectivity index (χ1) is 46.6. The molecule has 5 fully saturated rings. The minimum absolute atomic E-state index is 0.0122. The number of hydrogen-bond donors (Lipinski definition) is 5. The first-order valence-electron chi connectivity index (χ1n) is 34.6. The quantitative estimate of drug-likeness (QED) is 0.0170. The van der Waals surface area contributed by atoms with E-state index in [-0.39, 0.29) is 36.6 Å². The van der Waals surface area contributed by atoms with Crippen molar-refractivity contribution in [2.75, 3.05) is 75.4 Å². The summed E-state index contributed by atoms with van der Waals surface area (Å²) in [5.74, 6) is -1.92. The van der Waals surface area contributed by atoms with Gasteiger partial charge in [0, 0.05) is 80.1 Å². The Morgan fingerprint density at radius 2 is 1.53 bits per heavy atom. The van der Waals surface area contributed by atoms with E-state index in [4.69, 9.17) is 0 Å². The molecule has 5 atom stereocenters. The van der Waals surface area contributed by atoms with Gasteiger partial charge in [-0.15, -0.1) is 23.1 Å². The SMILES string of the molecule is Cc1ncsc1-c1ccc([C@H](C)NC(=O)[C@@H]2C[C@@H](O)CN2C(=O)[C@@H](NC(=O)CCCCCCN(C)CC[C@H](CSc2ccccc2)Nc2ccc(S(=O)(=O)NC(=O)c3ccc(N4CCN(CC5=C(C67CC(C)(C6)C7)CC(C)(C)CC5)CC4)cc3)cc2S(=O)(=O)C(F)(F)F)C(C)(C)C)cc1. The van der Waals surface area contributed by atoms with Crippen LogP contribution in [0.4, 0.5) is 24.5 Å². The molecule has 99 heavy (non-hydrogen) atoms. The molecule has 4 aromatic carbocycles. The van der Waals surface area contributed by atoms with E-state index < -0.39 is 94.3 Å². The lowest BCUT2D eigenvalue weighted by molar-refractivity contribution is -0.167. The smallest absolute Gasteiger partial charge is 0.391 e. The number of carbonyl (C=O) groups excluding carboxylic acids is 4. The van der Waals surface area contributed by atoms with Gasteiger partial charge in [0.2, 0.25) is 17.7 Å². The molecule has 5 N–H and O–H groups in total. The number of thiazole rings is 1. The van der Waals surface area contributed by atoms with Gasteiger partial charge in [0.25, 0.3) is 25.8 Å². The van der Waals surface area contributed by atoms with E-state index in [9.17, 15) is 54.3 Å². The van der Waals surface area contributed by atoms with Crippen molar-refractivity contribution in [1.29, 1.82) is 0 Å². The molecule has 0 spiro atoms. The molecule has 25 heteroatoms. The van der Waals surface area contributed by atoms with Gasteiger partial charge in [0.05, 0.1) is 38.8 Å². The standard InChI is InChI=1S/C74H98F3N9O9S4/c1-49(51-20-22-52(23-21-51)65-50(2)78-48-97-65)79-68(90)62-39-57(87)43-86(62)69(91)66(70(3,4)5)81-64(88)19-15-10-11-16-33-83(9)34-31-55(44-96-58-17-13-12-14-18-58)80-61-29-28-59(40-63(61)98(92,93)74(75,76)77)99(94,95)82-67(89)53-24-26-56(27-25-53)85-37-35-84(36-38-85)42-54-30-32-71(6,7)41-60(54)73-45-72(8,46-73)47-73/h12-14,17-18,20-29,40,48-49,55,57,62,66,80,87H,10-11,15-16,19,30-39,41-47H2,1-9H3,(H,79,90)(H,81,88)(H,82,89)/t49-,55+,57+,62-,66+,72?,73?/m0/s1. The lowest BCUT2D eigenvalue weighted by atomic mass is 9.33. The van der Waals surface area contributed by atoms with Crippen molar-refractivity contribution in [2.24, 2.45) is 21.7 Å². The summed E-state index contributed by atoms with van der Waals surface area (Å²) >= 11 is 2.96. The maximum atomic E-state index is 14.6. The summed E-state index contributed by atoms with van der Waals surface area (Å²) < 4.78 is 100. The van der Waals surface area contributed by atoms with Crippen LogP contribution in [-0.2, 0) is 34.2 Å². The molecule has 2 saturated heterocycles. The number of nitrogens with zero attached hydrogens (tertiary/aromatic N) is 5. The Bertz CT molecular complexity index is 3950. The number of benzene rings is 4. The van der Waals surface area contributed by atoms with Crippen molar-refractivity contribution in [3.8, 4) is 10.4 Å². The van der Waals surface area contributed by atoms with Crippen molar-refractivity contribution in [3.63, 3.8) is 0 Å². The van der Waals surface area contributed by atoms with Gasteiger partial charge in [-0.3, -0.25) is 24.1 Å². The maximum Gasteiger partial charge on any atom is 0.501 e. The molecular formula is C74H98F3N9O9S4. The van der Waals surface area contributed by atoms with Gasteiger partial charge in [0.1, 0.15) is 17.0 Å². The van der Waals surface area contributed by atoms with Gasteiger partial charge in [0.15, 0.2) is 0 Å². The van der Waals surface area contributed by atoms with Crippen LogP contribution in [0.25, 0.3) is 10.4 Å². The fourth-order valence-electron chi connectivity index (χ4n) is 15.2. The molecule has 2 bridgehead atoms. The Hall–Kier alpha value is -6.35. The fraction of sp³-hybridized carbons (Fsp3) is 0.554. The van der Waals surface area contributed by atoms with Gasteiger partial charge in [-0.05, 0) is 179 Å². The van der Waals surface area contributed by atoms with Crippen molar-refractivity contribution in [2.45, 2.75) is 189 Å². The zero-order valence-electron chi connectivity index (χ0n) is 58.5. The van der Waals surface area contributed by atoms with Crippen LogP contribution in [0.1, 0.15) is 160 Å². The van der Waals surface area contributed by atoms with Gasteiger partial charge in [-0.1, -0.05) is 108 Å². The number of aliphatic hydroxyl groups is 1. The number of thioether (sulfide) groups is 1. The third-order valence-corrected chi connectivity index (χ3v) is 25.7. The van der Waals surface area contributed by atoms with E-state index in [1.165, 1.54) is 60.9 Å². The molecule has 18 nitrogen and oxygen atoms in total. The van der Waals surface area contributed by atoms with Crippen LogP contribution < -0.4 is 25.6 Å². The summed E-state index contributed by atoms with van der Waals surface area (Å²) in [5.41, 5.74) is 3.13. The monoisotopic (exact) mass is 1440 g/mol. The molecule has 6 aliphatic rings. The molecule has 0 unspecified atom stereocenters. The van der Waals surface area contributed by atoms with E-state index in [0.29, 0.717) is 54.7 Å². The summed E-state index contributed by atoms with van der Waals surface area (Å²) in [6.07, 6.45) is 9.80. The molecule has 0 radical (unpaired) electrons. The first kappa shape index (κ1) is 75.3. The molecule has 538 valence electrons. The van der Waals surface area contributed by atoms with Crippen LogP contribution in [0.15, 0.2) is 128 Å². The van der Waals surface area contributed by atoms with Gasteiger partial charge in [-0.2, -0.15) is 13.2 Å². The zero-order chi connectivity index (χ0) is 71.5. The summed E-state index contributed by atoms with van der Waals surface area (Å²) in [4.78, 5) is 67.5. The van der Waals surface area contributed by atoms with Gasteiger partial charge >= 0.3 is 5.51 Å². The Morgan fingerprint density at radius 3 is 2.16 bits per heavy atom. The average Bonchev–Trinajstić information content (AvgIpc) is 0.964. The third kappa shape index (κ3) is 18.3. The van der Waals surface area contributed by atoms with Crippen molar-refractivity contribution >= 4 is 78.0 Å². The second-order valence-electron chi connectivity index (χ2n) is 30.5. The fourth-order valence-corrected chi connectivity index (χ4v) is 19.0. The topological polar surface area (TPSA) is 231 Å². The van der Waals surface area contributed by atoms with E-state index in [0.717, 1.165) is 96.4 Å². The minimum Gasteiger partial charge on any atom is -0.391 e. The van der Waals surface area contributed by atoms with Crippen LogP contribution in [-0.4, -0.2) is 160 Å². The summed E-state index contributed by atoms with van der Waals surface area (Å²) in [6.45, 7) is 21.8. The summed E-state index contributed by atoms with van der Waals surface area (Å²) in [5, 5.41) is 19.8. The van der Waals surface area contributed by atoms with E-state index in [1.54, 1.807) is 40.1 Å². The van der Waals surface area contributed by atoms with E-state index in [1.807, 2.05) is 106 Å². The first-order valence-corrected chi connectivity index (χ1v) is 39.5. The second-order valence-corrected chi connectivity index (χ2v) is 36.0. The van der Waals surface area contributed by atoms with Crippen molar-refractivity contribution in [1.82, 2.24) is 35.0 Å². The molecule has 4 amide bonds. The minimum atomic E-state index is -6.15. The number of nitrogens with one attached hydrogen (secondary N) is 4. The highest BCUT2D eigenvalue weighted by atomic mass is 32.2. The van der Waals surface area contributed by atoms with Crippen LogP contribution in [0.2, 0.25) is 0 Å². The number of unbranched alkanes of at least 4 members (excludes halogenated alkanes) is 3. The van der Waals surface area contributed by atoms with Crippen LogP contribution in [0.5, 0.6) is 0 Å². The summed E-state index contributed by atoms with van der Waals surface area (Å²) in [6, 6.07) is 23.1. The lowest BCUT2D eigenvalue weighted by Gasteiger charge is -2.72. The van der Waals surface area contributed by atoms with Crippen LogP contribution in [0.3, 0.4) is 0 Å². The van der Waals surface area contributed by atoms with Crippen LogP contribution in [0, 0.1) is 28.6 Å². The number of halogens is 3.